The monoisotopic (exact) mass is 445 g/mol. The third-order valence-corrected chi connectivity index (χ3v) is 6.64. The molecule has 0 bridgehead atoms. The predicted molar refractivity (Wildman–Crippen MR) is 132 cm³/mol. The molecule has 0 spiro atoms. The van der Waals surface area contributed by atoms with Gasteiger partial charge >= 0.3 is 5.97 Å². The minimum atomic E-state index is -0.909. The molecule has 0 unspecified atom stereocenters. The SMILES string of the molecule is CC(C)(C)c1nc(CCC2CCCCC2)nn1Cc1ccc(-c2ccccc2C(=O)O)cc1. The Balaban J connectivity index is 1.52. The van der Waals surface area contributed by atoms with E-state index in [0.717, 1.165) is 40.7 Å². The predicted octanol–water partition coefficient (Wildman–Crippen LogP) is 6.50. The maximum Gasteiger partial charge on any atom is 0.336 e. The number of aromatic nitrogens is 3. The molecule has 174 valence electrons. The number of carbonyl (C=O) groups is 1. The Hall–Kier alpha value is -2.95. The van der Waals surface area contributed by atoms with Gasteiger partial charge in [0, 0.05) is 11.8 Å². The summed E-state index contributed by atoms with van der Waals surface area (Å²) in [5, 5.41) is 14.4. The van der Waals surface area contributed by atoms with E-state index in [0.29, 0.717) is 12.1 Å². The first kappa shape index (κ1) is 23.2. The average molecular weight is 446 g/mol. The van der Waals surface area contributed by atoms with Gasteiger partial charge in [-0.25, -0.2) is 14.5 Å². The van der Waals surface area contributed by atoms with E-state index in [1.54, 1.807) is 12.1 Å². The first-order valence-corrected chi connectivity index (χ1v) is 12.2. The van der Waals surface area contributed by atoms with E-state index >= 15 is 0 Å². The van der Waals surface area contributed by atoms with Crippen molar-refractivity contribution in [3.63, 3.8) is 0 Å². The lowest BCUT2D eigenvalue weighted by molar-refractivity contribution is 0.0697. The Morgan fingerprint density at radius 1 is 1.03 bits per heavy atom. The molecule has 1 aromatic heterocycles. The minimum Gasteiger partial charge on any atom is -0.478 e. The first-order valence-electron chi connectivity index (χ1n) is 12.2. The summed E-state index contributed by atoms with van der Waals surface area (Å²) in [6.07, 6.45) is 8.96. The zero-order valence-electron chi connectivity index (χ0n) is 20.1. The smallest absolute Gasteiger partial charge is 0.336 e. The van der Waals surface area contributed by atoms with Crippen LogP contribution in [0.2, 0.25) is 0 Å². The lowest BCUT2D eigenvalue weighted by atomic mass is 9.86. The molecule has 0 radical (unpaired) electrons. The van der Waals surface area contributed by atoms with Crippen LogP contribution in [0.3, 0.4) is 0 Å². The largest absolute Gasteiger partial charge is 0.478 e. The van der Waals surface area contributed by atoms with Gasteiger partial charge in [-0.15, -0.1) is 0 Å². The molecule has 5 nitrogen and oxygen atoms in total. The lowest BCUT2D eigenvalue weighted by Crippen LogP contribution is -2.20. The van der Waals surface area contributed by atoms with Crippen molar-refractivity contribution in [1.29, 1.82) is 0 Å². The normalized spacial score (nSPS) is 15.0. The number of rotatable bonds is 7. The molecule has 2 aromatic carbocycles. The minimum absolute atomic E-state index is 0.0868. The second kappa shape index (κ2) is 9.90. The van der Waals surface area contributed by atoms with Crippen LogP contribution in [0.25, 0.3) is 11.1 Å². The number of hydrogen-bond acceptors (Lipinski definition) is 3. The van der Waals surface area contributed by atoms with E-state index in [4.69, 9.17) is 10.1 Å². The van der Waals surface area contributed by atoms with E-state index in [1.165, 1.54) is 38.5 Å². The molecule has 4 rings (SSSR count). The van der Waals surface area contributed by atoms with Crippen molar-refractivity contribution in [3.05, 3.63) is 71.3 Å². The summed E-state index contributed by atoms with van der Waals surface area (Å²) in [5.74, 6) is 1.89. The summed E-state index contributed by atoms with van der Waals surface area (Å²) in [7, 11) is 0. The molecule has 0 amide bonds. The third kappa shape index (κ3) is 5.70. The molecule has 1 heterocycles. The Kier molecular flexibility index (Phi) is 6.96. The highest BCUT2D eigenvalue weighted by Gasteiger charge is 2.24. The highest BCUT2D eigenvalue weighted by atomic mass is 16.4. The van der Waals surface area contributed by atoms with Gasteiger partial charge in [-0.2, -0.15) is 5.10 Å². The van der Waals surface area contributed by atoms with Crippen LogP contribution < -0.4 is 0 Å². The molecular formula is C28H35N3O2. The summed E-state index contributed by atoms with van der Waals surface area (Å²) in [5.41, 5.74) is 2.99. The number of aromatic carboxylic acids is 1. The van der Waals surface area contributed by atoms with Crippen LogP contribution in [-0.2, 0) is 18.4 Å². The Morgan fingerprint density at radius 3 is 2.39 bits per heavy atom. The van der Waals surface area contributed by atoms with E-state index in [2.05, 4.69) is 37.6 Å². The van der Waals surface area contributed by atoms with Crippen molar-refractivity contribution < 1.29 is 9.90 Å². The fourth-order valence-corrected chi connectivity index (χ4v) is 4.85. The zero-order valence-corrected chi connectivity index (χ0v) is 20.1. The molecule has 1 N–H and O–H groups in total. The van der Waals surface area contributed by atoms with Crippen molar-refractivity contribution >= 4 is 5.97 Å². The van der Waals surface area contributed by atoms with Crippen molar-refractivity contribution in [1.82, 2.24) is 14.8 Å². The van der Waals surface area contributed by atoms with Crippen LogP contribution in [0, 0.1) is 5.92 Å². The Morgan fingerprint density at radius 2 is 1.73 bits per heavy atom. The van der Waals surface area contributed by atoms with Crippen LogP contribution in [-0.4, -0.2) is 25.8 Å². The van der Waals surface area contributed by atoms with E-state index in [1.807, 2.05) is 24.3 Å². The molecule has 0 atom stereocenters. The van der Waals surface area contributed by atoms with Gasteiger partial charge in [0.15, 0.2) is 5.82 Å². The van der Waals surface area contributed by atoms with E-state index in [9.17, 15) is 9.90 Å². The third-order valence-electron chi connectivity index (χ3n) is 6.64. The van der Waals surface area contributed by atoms with Gasteiger partial charge in [-0.1, -0.05) is 95.3 Å². The first-order chi connectivity index (χ1) is 15.8. The maximum absolute atomic E-state index is 11.6. The van der Waals surface area contributed by atoms with Gasteiger partial charge in [0.05, 0.1) is 12.1 Å². The van der Waals surface area contributed by atoms with Crippen molar-refractivity contribution in [2.45, 2.75) is 77.7 Å². The van der Waals surface area contributed by atoms with Crippen LogP contribution in [0.15, 0.2) is 48.5 Å². The van der Waals surface area contributed by atoms with Gasteiger partial charge < -0.3 is 5.11 Å². The van der Waals surface area contributed by atoms with Gasteiger partial charge in [0.2, 0.25) is 0 Å². The summed E-state index contributed by atoms with van der Waals surface area (Å²) in [4.78, 5) is 16.5. The van der Waals surface area contributed by atoms with Gasteiger partial charge in [0.1, 0.15) is 5.82 Å². The molecule has 1 saturated carbocycles. The fraction of sp³-hybridized carbons (Fsp3) is 0.464. The molecule has 1 fully saturated rings. The summed E-state index contributed by atoms with van der Waals surface area (Å²) >= 11 is 0. The highest BCUT2D eigenvalue weighted by molar-refractivity contribution is 5.95. The van der Waals surface area contributed by atoms with Crippen molar-refractivity contribution in [3.8, 4) is 11.1 Å². The number of benzene rings is 2. The standard InChI is InChI=1S/C28H35N3O2/c1-28(2,3)27-29-25(18-15-20-9-5-4-6-10-20)30-31(27)19-21-13-16-22(17-14-21)23-11-7-8-12-24(23)26(32)33/h7-8,11-14,16-17,20H,4-6,9-10,15,18-19H2,1-3H3,(H,32,33). The average Bonchev–Trinajstić information content (AvgIpc) is 3.22. The van der Waals surface area contributed by atoms with E-state index in [-0.39, 0.29) is 5.41 Å². The van der Waals surface area contributed by atoms with Gasteiger partial charge in [-0.05, 0) is 35.1 Å². The molecular weight excluding hydrogens is 410 g/mol. The van der Waals surface area contributed by atoms with Crippen molar-refractivity contribution in [2.75, 3.05) is 0 Å². The van der Waals surface area contributed by atoms with Gasteiger partial charge in [0.25, 0.3) is 0 Å². The number of carboxylic acids is 1. The summed E-state index contributed by atoms with van der Waals surface area (Å²) < 4.78 is 2.05. The molecule has 33 heavy (non-hydrogen) atoms. The second-order valence-electron chi connectivity index (χ2n) is 10.3. The summed E-state index contributed by atoms with van der Waals surface area (Å²) in [6.45, 7) is 7.21. The number of carboxylic acid groups (broad SMARTS) is 1. The summed E-state index contributed by atoms with van der Waals surface area (Å²) in [6, 6.07) is 15.2. The molecule has 0 aliphatic heterocycles. The second-order valence-corrected chi connectivity index (χ2v) is 10.3. The molecule has 1 aliphatic rings. The van der Waals surface area contributed by atoms with Crippen LogP contribution in [0.5, 0.6) is 0 Å². The highest BCUT2D eigenvalue weighted by Crippen LogP contribution is 2.28. The maximum atomic E-state index is 11.6. The van der Waals surface area contributed by atoms with Crippen LogP contribution in [0.4, 0.5) is 0 Å². The lowest BCUT2D eigenvalue weighted by Gasteiger charge is -2.20. The van der Waals surface area contributed by atoms with Crippen LogP contribution in [0.1, 0.15) is 86.9 Å². The van der Waals surface area contributed by atoms with Gasteiger partial charge in [-0.3, -0.25) is 0 Å². The van der Waals surface area contributed by atoms with Crippen molar-refractivity contribution in [2.24, 2.45) is 5.92 Å². The topological polar surface area (TPSA) is 68.0 Å². The molecule has 3 aromatic rings. The van der Waals surface area contributed by atoms with E-state index < -0.39 is 5.97 Å². The number of hydrogen-bond donors (Lipinski definition) is 1. The quantitative estimate of drug-likeness (QED) is 0.450. The Labute approximate surface area is 196 Å². The van der Waals surface area contributed by atoms with Crippen LogP contribution >= 0.6 is 0 Å². The molecule has 1 aliphatic carbocycles. The molecule has 0 saturated heterocycles. The number of aryl methyl sites for hydroxylation is 1. The fourth-order valence-electron chi connectivity index (χ4n) is 4.85. The Bertz CT molecular complexity index is 1090. The molecule has 5 heteroatoms. The number of nitrogens with zero attached hydrogens (tertiary/aromatic N) is 3. The zero-order chi connectivity index (χ0) is 23.4.